The van der Waals surface area contributed by atoms with Gasteiger partial charge in [-0.15, -0.1) is 29.8 Å². The molecule has 3 heterocycles. The molecule has 4 nitrogen and oxygen atoms in total. The summed E-state index contributed by atoms with van der Waals surface area (Å²) in [4.78, 5) is 10.6. The first-order valence-electron chi connectivity index (χ1n) is 11.4. The van der Waals surface area contributed by atoms with Gasteiger partial charge in [0, 0.05) is 38.0 Å². The molecule has 0 bridgehead atoms. The molecule has 3 aromatic heterocycles. The second kappa shape index (κ2) is 9.92. The summed E-state index contributed by atoms with van der Waals surface area (Å²) in [5, 5.41) is 13.8. The molecule has 0 aliphatic rings. The summed E-state index contributed by atoms with van der Waals surface area (Å²) in [7, 11) is 0. The summed E-state index contributed by atoms with van der Waals surface area (Å²) in [5.74, 6) is 0.219. The van der Waals surface area contributed by atoms with E-state index in [0.29, 0.717) is 5.69 Å². The monoisotopic (exact) mass is 667 g/mol. The van der Waals surface area contributed by atoms with Gasteiger partial charge in [0.05, 0.1) is 16.2 Å². The maximum absolute atomic E-state index is 10.7. The molecule has 0 amide bonds. The first-order valence-corrected chi connectivity index (χ1v) is 12.2. The van der Waals surface area contributed by atoms with Crippen LogP contribution in [0, 0.1) is 19.9 Å². The maximum atomic E-state index is 10.7. The first kappa shape index (κ1) is 24.3. The molecule has 36 heavy (non-hydrogen) atoms. The van der Waals surface area contributed by atoms with Crippen LogP contribution < -0.4 is 0 Å². The molecule has 0 atom stereocenters. The summed E-state index contributed by atoms with van der Waals surface area (Å²) in [6.07, 6.45) is 1.80. The van der Waals surface area contributed by atoms with Gasteiger partial charge < -0.3 is 5.11 Å². The van der Waals surface area contributed by atoms with Crippen LogP contribution in [-0.2, 0) is 21.1 Å². The van der Waals surface area contributed by atoms with Crippen LogP contribution in [0.15, 0.2) is 101 Å². The number of rotatable bonds is 4. The van der Waals surface area contributed by atoms with E-state index in [1.807, 2.05) is 54.6 Å². The fraction of sp³-hybridized carbons (Fsp3) is 0.0667. The summed E-state index contributed by atoms with van der Waals surface area (Å²) < 4.78 is 2.05. The number of phenolic OH excluding ortho intramolecular Hbond substituents is 1. The van der Waals surface area contributed by atoms with Crippen molar-refractivity contribution in [3.63, 3.8) is 0 Å². The van der Waals surface area contributed by atoms with Gasteiger partial charge in [0.1, 0.15) is 11.4 Å². The Balaban J connectivity index is 0.00000267. The second-order valence-corrected chi connectivity index (χ2v) is 9.63. The molecule has 1 N–H and O–H groups in total. The molecule has 0 unspecified atom stereocenters. The number of aromatic hydroxyl groups is 1. The zero-order valence-electron chi connectivity index (χ0n) is 19.7. The molecule has 0 fully saturated rings. The molecule has 6 heteroatoms. The van der Waals surface area contributed by atoms with Crippen LogP contribution >= 0.6 is 11.8 Å². The van der Waals surface area contributed by atoms with Crippen LogP contribution in [0.3, 0.4) is 0 Å². The number of phenols is 1. The SMILES string of the molecule is Cc1ccc2c(c1)c1cc(C)c(-c3[c-]c(Sc4ccccn4)ccc3)nc1n2-c1ccccc1O.[Pt]. The Kier molecular flexibility index (Phi) is 6.70. The Bertz CT molecular complexity index is 1710. The van der Waals surface area contributed by atoms with Crippen molar-refractivity contribution >= 4 is 33.7 Å². The second-order valence-electron chi connectivity index (χ2n) is 8.57. The molecule has 6 rings (SSSR count). The van der Waals surface area contributed by atoms with Crippen molar-refractivity contribution in [3.8, 4) is 22.7 Å². The third kappa shape index (κ3) is 4.34. The Morgan fingerprint density at radius 1 is 0.861 bits per heavy atom. The molecule has 3 aromatic carbocycles. The van der Waals surface area contributed by atoms with E-state index in [2.05, 4.69) is 53.7 Å². The van der Waals surface area contributed by atoms with Gasteiger partial charge in [-0.2, -0.15) is 0 Å². The van der Waals surface area contributed by atoms with Crippen molar-refractivity contribution in [2.45, 2.75) is 23.8 Å². The molecule has 0 spiro atoms. The Morgan fingerprint density at radius 2 is 1.69 bits per heavy atom. The molecule has 0 saturated heterocycles. The van der Waals surface area contributed by atoms with Crippen molar-refractivity contribution < 1.29 is 26.2 Å². The zero-order valence-corrected chi connectivity index (χ0v) is 22.8. The van der Waals surface area contributed by atoms with E-state index in [1.165, 1.54) is 5.56 Å². The zero-order chi connectivity index (χ0) is 23.9. The summed E-state index contributed by atoms with van der Waals surface area (Å²) in [6, 6.07) is 31.5. The van der Waals surface area contributed by atoms with E-state index in [0.717, 1.165) is 48.7 Å². The Morgan fingerprint density at radius 3 is 2.50 bits per heavy atom. The van der Waals surface area contributed by atoms with Gasteiger partial charge in [0.25, 0.3) is 0 Å². The Hall–Kier alpha value is -3.40. The van der Waals surface area contributed by atoms with Crippen molar-refractivity contribution in [1.82, 2.24) is 14.5 Å². The van der Waals surface area contributed by atoms with E-state index in [1.54, 1.807) is 24.0 Å². The van der Waals surface area contributed by atoms with Crippen LogP contribution in [0.5, 0.6) is 5.75 Å². The van der Waals surface area contributed by atoms with Crippen LogP contribution in [0.1, 0.15) is 11.1 Å². The van der Waals surface area contributed by atoms with Gasteiger partial charge in [0.15, 0.2) is 0 Å². The van der Waals surface area contributed by atoms with Crippen LogP contribution in [0.4, 0.5) is 0 Å². The topological polar surface area (TPSA) is 50.9 Å². The number of fused-ring (bicyclic) bond motifs is 3. The van der Waals surface area contributed by atoms with E-state index in [9.17, 15) is 5.11 Å². The number of benzene rings is 3. The maximum Gasteiger partial charge on any atom is 0.139 e. The van der Waals surface area contributed by atoms with Crippen LogP contribution in [-0.4, -0.2) is 19.6 Å². The number of para-hydroxylation sites is 2. The smallest absolute Gasteiger partial charge is 0.139 e. The van der Waals surface area contributed by atoms with Crippen LogP contribution in [0.2, 0.25) is 0 Å². The minimum Gasteiger partial charge on any atom is -0.506 e. The third-order valence-electron chi connectivity index (χ3n) is 6.09. The predicted octanol–water partition coefficient (Wildman–Crippen LogP) is 7.51. The number of aromatic nitrogens is 3. The quantitative estimate of drug-likeness (QED) is 0.198. The van der Waals surface area contributed by atoms with E-state index >= 15 is 0 Å². The largest absolute Gasteiger partial charge is 0.506 e. The van der Waals surface area contributed by atoms with Gasteiger partial charge in [-0.1, -0.05) is 58.1 Å². The minimum absolute atomic E-state index is 0. The van der Waals surface area contributed by atoms with Gasteiger partial charge in [-0.3, -0.25) is 9.55 Å². The van der Waals surface area contributed by atoms with Crippen LogP contribution in [0.25, 0.3) is 38.9 Å². The molecular formula is C30H22N3OPtS-. The van der Waals surface area contributed by atoms with Crippen molar-refractivity contribution in [2.75, 3.05) is 0 Å². The van der Waals surface area contributed by atoms with Gasteiger partial charge in [0.2, 0.25) is 0 Å². The molecular weight excluding hydrogens is 645 g/mol. The number of hydrogen-bond donors (Lipinski definition) is 1. The van der Waals surface area contributed by atoms with E-state index < -0.39 is 0 Å². The van der Waals surface area contributed by atoms with Gasteiger partial charge in [-0.25, -0.2) is 4.98 Å². The van der Waals surface area contributed by atoms with Crippen molar-refractivity contribution in [1.29, 1.82) is 0 Å². The average Bonchev–Trinajstić information content (AvgIpc) is 3.17. The number of nitrogens with zero attached hydrogens (tertiary/aromatic N) is 3. The summed E-state index contributed by atoms with van der Waals surface area (Å²) in [6.45, 7) is 4.18. The number of pyridine rings is 2. The molecule has 180 valence electrons. The molecule has 6 aromatic rings. The van der Waals surface area contributed by atoms with Gasteiger partial charge in [-0.05, 0) is 55.9 Å². The fourth-order valence-electron chi connectivity index (χ4n) is 4.48. The average molecular weight is 668 g/mol. The first-order chi connectivity index (χ1) is 17.1. The number of hydrogen-bond acceptors (Lipinski definition) is 4. The third-order valence-corrected chi connectivity index (χ3v) is 6.99. The number of aryl methyl sites for hydroxylation is 2. The summed E-state index contributed by atoms with van der Waals surface area (Å²) >= 11 is 1.58. The molecule has 0 saturated carbocycles. The Labute approximate surface area is 228 Å². The summed E-state index contributed by atoms with van der Waals surface area (Å²) in [5.41, 5.74) is 6.59. The minimum atomic E-state index is 0. The van der Waals surface area contributed by atoms with Crippen molar-refractivity contribution in [3.05, 3.63) is 108 Å². The molecule has 0 aliphatic carbocycles. The molecule has 0 radical (unpaired) electrons. The van der Waals surface area contributed by atoms with Gasteiger partial charge >= 0.3 is 0 Å². The molecule has 0 aliphatic heterocycles. The predicted molar refractivity (Wildman–Crippen MR) is 142 cm³/mol. The standard InChI is InChI=1S/C30H22N3OS.Pt/c1-19-13-14-25-23(16-19)24-17-20(2)29(32-30(24)33(25)26-10-3-4-11-27(26)34)21-8-7-9-22(18-21)35-28-12-5-6-15-31-28;/h3-17,34H,1-2H3;/q-1;. The van der Waals surface area contributed by atoms with Crippen molar-refractivity contribution in [2.24, 2.45) is 0 Å². The van der Waals surface area contributed by atoms with E-state index in [4.69, 9.17) is 4.98 Å². The normalized spacial score (nSPS) is 11.1. The van der Waals surface area contributed by atoms with E-state index in [-0.39, 0.29) is 26.8 Å². The fourth-order valence-corrected chi connectivity index (χ4v) is 5.28.